The van der Waals surface area contributed by atoms with Gasteiger partial charge in [-0.2, -0.15) is 0 Å². The molecule has 1 atom stereocenters. The highest BCUT2D eigenvalue weighted by molar-refractivity contribution is 5.97. The Balaban J connectivity index is 0.000000368. The first-order chi connectivity index (χ1) is 13.2. The molecule has 152 valence electrons. The topological polar surface area (TPSA) is 58.9 Å². The molecule has 0 spiro atoms. The molecule has 1 unspecified atom stereocenters. The zero-order valence-electron chi connectivity index (χ0n) is 17.4. The van der Waals surface area contributed by atoms with Crippen molar-refractivity contribution < 1.29 is 9.94 Å². The minimum absolute atomic E-state index is 0.218. The predicted molar refractivity (Wildman–Crippen MR) is 114 cm³/mol. The molecular formula is C23H37NO3. The van der Waals surface area contributed by atoms with Gasteiger partial charge in [-0.3, -0.25) is 4.79 Å². The first-order valence-corrected chi connectivity index (χ1v) is 10.7. The molecule has 0 saturated heterocycles. The van der Waals surface area contributed by atoms with Crippen LogP contribution in [0, 0.1) is 5.92 Å². The molecule has 0 bridgehead atoms. The van der Waals surface area contributed by atoms with Crippen LogP contribution in [-0.2, 0) is 4.74 Å². The van der Waals surface area contributed by atoms with Crippen molar-refractivity contribution >= 4 is 16.7 Å². The third-order valence-electron chi connectivity index (χ3n) is 4.99. The maximum absolute atomic E-state index is 10.5. The van der Waals surface area contributed by atoms with Gasteiger partial charge < -0.3 is 9.94 Å². The van der Waals surface area contributed by atoms with Crippen LogP contribution >= 0.6 is 0 Å². The van der Waals surface area contributed by atoms with Gasteiger partial charge in [0.25, 0.3) is 0 Å². The highest BCUT2D eigenvalue weighted by Crippen LogP contribution is 2.18. The highest BCUT2D eigenvalue weighted by Gasteiger charge is 2.15. The van der Waals surface area contributed by atoms with Gasteiger partial charge >= 0.3 is 0 Å². The van der Waals surface area contributed by atoms with E-state index in [1.54, 1.807) is 0 Å². The normalized spacial score (nSPS) is 12.8. The molecule has 0 saturated carbocycles. The van der Waals surface area contributed by atoms with Gasteiger partial charge in [-0.05, 0) is 19.8 Å². The van der Waals surface area contributed by atoms with Gasteiger partial charge in [0.15, 0.2) is 5.43 Å². The van der Waals surface area contributed by atoms with Crippen LogP contribution in [0.25, 0.3) is 10.8 Å². The molecule has 0 fully saturated rings. The van der Waals surface area contributed by atoms with E-state index in [0.29, 0.717) is 12.5 Å². The number of oxime groups is 1. The monoisotopic (exact) mass is 375 g/mol. The summed E-state index contributed by atoms with van der Waals surface area (Å²) in [5.41, 5.74) is 0.218. The van der Waals surface area contributed by atoms with Crippen molar-refractivity contribution in [2.45, 2.75) is 85.0 Å². The zero-order valence-corrected chi connectivity index (χ0v) is 17.4. The summed E-state index contributed by atoms with van der Waals surface area (Å²) in [5, 5.41) is 14.0. The van der Waals surface area contributed by atoms with Crippen LogP contribution in [0.5, 0.6) is 0 Å². The van der Waals surface area contributed by atoms with E-state index in [4.69, 9.17) is 9.94 Å². The van der Waals surface area contributed by atoms with Gasteiger partial charge in [0.1, 0.15) is 0 Å². The predicted octanol–water partition coefficient (Wildman–Crippen LogP) is 6.44. The van der Waals surface area contributed by atoms with Crippen molar-refractivity contribution in [3.8, 4) is 0 Å². The molecule has 0 aliphatic rings. The molecule has 4 heteroatoms. The lowest BCUT2D eigenvalue weighted by Gasteiger charge is -2.16. The van der Waals surface area contributed by atoms with E-state index in [-0.39, 0.29) is 11.3 Å². The molecule has 27 heavy (non-hydrogen) atoms. The average molecular weight is 376 g/mol. The van der Waals surface area contributed by atoms with Crippen LogP contribution in [0.15, 0.2) is 34.2 Å². The second-order valence-corrected chi connectivity index (χ2v) is 7.11. The summed E-state index contributed by atoms with van der Waals surface area (Å²) in [6.07, 6.45) is 12.7. The van der Waals surface area contributed by atoms with Crippen molar-refractivity contribution in [3.05, 3.63) is 34.5 Å². The molecule has 0 radical (unpaired) electrons. The van der Waals surface area contributed by atoms with Gasteiger partial charge in [-0.15, -0.1) is 0 Å². The highest BCUT2D eigenvalue weighted by atomic mass is 16.5. The van der Waals surface area contributed by atoms with Gasteiger partial charge in [0.2, 0.25) is 5.90 Å². The number of fused-ring (bicyclic) bond motifs is 1. The summed E-state index contributed by atoms with van der Waals surface area (Å²) in [7, 11) is 0. The van der Waals surface area contributed by atoms with E-state index < -0.39 is 0 Å². The minimum atomic E-state index is 0.218. The number of nitrogens with zero attached hydrogens (tertiary/aromatic N) is 1. The number of ether oxygens (including phenoxy) is 1. The second-order valence-electron chi connectivity index (χ2n) is 7.11. The maximum Gasteiger partial charge on any atom is 0.228 e. The van der Waals surface area contributed by atoms with Crippen LogP contribution in [0.3, 0.4) is 0 Å². The van der Waals surface area contributed by atoms with Crippen molar-refractivity contribution in [2.24, 2.45) is 11.1 Å². The molecule has 2 aromatic rings. The minimum Gasteiger partial charge on any atom is -0.479 e. The second kappa shape index (κ2) is 14.2. The Morgan fingerprint density at radius 1 is 0.963 bits per heavy atom. The molecule has 0 aliphatic carbocycles. The van der Waals surface area contributed by atoms with Crippen LogP contribution in [0.1, 0.15) is 85.0 Å². The third-order valence-corrected chi connectivity index (χ3v) is 4.99. The smallest absolute Gasteiger partial charge is 0.228 e. The molecule has 0 aromatic heterocycles. The summed E-state index contributed by atoms with van der Waals surface area (Å²) in [6.45, 7) is 6.88. The molecular weight excluding hydrogens is 338 g/mol. The van der Waals surface area contributed by atoms with Crippen LogP contribution in [0.2, 0.25) is 0 Å². The van der Waals surface area contributed by atoms with Crippen LogP contribution < -0.4 is 5.43 Å². The summed E-state index contributed by atoms with van der Waals surface area (Å²) in [5.74, 6) is 0.804. The first kappa shape index (κ1) is 23.2. The van der Waals surface area contributed by atoms with E-state index in [9.17, 15) is 4.79 Å². The van der Waals surface area contributed by atoms with E-state index in [2.05, 4.69) is 19.0 Å². The van der Waals surface area contributed by atoms with Gasteiger partial charge in [-0.25, -0.2) is 0 Å². The fourth-order valence-electron chi connectivity index (χ4n) is 3.24. The van der Waals surface area contributed by atoms with Crippen molar-refractivity contribution in [2.75, 3.05) is 6.61 Å². The molecule has 2 rings (SSSR count). The lowest BCUT2D eigenvalue weighted by Crippen LogP contribution is -2.17. The fourth-order valence-corrected chi connectivity index (χ4v) is 3.24. The Kier molecular flexibility index (Phi) is 12.2. The summed E-state index contributed by atoms with van der Waals surface area (Å²) in [6, 6.07) is 7.45. The molecule has 0 amide bonds. The number of hydrogen-bond acceptors (Lipinski definition) is 4. The van der Waals surface area contributed by atoms with E-state index in [0.717, 1.165) is 23.6 Å². The van der Waals surface area contributed by atoms with E-state index in [1.165, 1.54) is 51.4 Å². The standard InChI is InChI=1S/C16H33NO2.C7H4O/c1-4-7-8-9-10-11-12-13-14-15(5-2)16(17-18)19-6-3;8-7-5-3-1-2-4-6(5)7/h15,18H,4-14H2,1-3H3;1-4H. The number of rotatable bonds is 12. The Morgan fingerprint density at radius 3 is 1.96 bits per heavy atom. The lowest BCUT2D eigenvalue weighted by molar-refractivity contribution is 0.240. The lowest BCUT2D eigenvalue weighted by atomic mass is 9.97. The number of unbranched alkanes of at least 4 members (excludes halogenated alkanes) is 7. The SMILES string of the molecule is CCCCCCCCCCC(CC)C(=NO)OCC.O=c1c2ccccc12. The Hall–Kier alpha value is -1.84. The van der Waals surface area contributed by atoms with E-state index in [1.807, 2.05) is 31.2 Å². The Morgan fingerprint density at radius 2 is 1.52 bits per heavy atom. The van der Waals surface area contributed by atoms with Crippen molar-refractivity contribution in [3.63, 3.8) is 0 Å². The Labute approximate surface area is 164 Å². The summed E-state index contributed by atoms with van der Waals surface area (Å²) >= 11 is 0. The maximum atomic E-state index is 10.5. The van der Waals surface area contributed by atoms with Crippen molar-refractivity contribution in [1.82, 2.24) is 0 Å². The number of hydrogen-bond donors (Lipinski definition) is 1. The van der Waals surface area contributed by atoms with Crippen LogP contribution in [-0.4, -0.2) is 17.7 Å². The van der Waals surface area contributed by atoms with Crippen molar-refractivity contribution in [1.29, 1.82) is 0 Å². The molecule has 2 aromatic carbocycles. The van der Waals surface area contributed by atoms with Gasteiger partial charge in [0, 0.05) is 16.7 Å². The number of benzene rings is 1. The molecule has 1 N–H and O–H groups in total. The largest absolute Gasteiger partial charge is 0.479 e. The molecule has 0 aliphatic heterocycles. The van der Waals surface area contributed by atoms with Gasteiger partial charge in [-0.1, -0.05) is 94.6 Å². The molecule has 4 nitrogen and oxygen atoms in total. The third kappa shape index (κ3) is 9.07. The average Bonchev–Trinajstić information content (AvgIpc) is 3.36. The molecule has 0 heterocycles. The van der Waals surface area contributed by atoms with E-state index >= 15 is 0 Å². The quantitative estimate of drug-likeness (QED) is 0.153. The fraction of sp³-hybridized carbons (Fsp3) is 0.652. The summed E-state index contributed by atoms with van der Waals surface area (Å²) < 4.78 is 5.37. The van der Waals surface area contributed by atoms with Gasteiger partial charge in [0.05, 0.1) is 6.61 Å². The summed E-state index contributed by atoms with van der Waals surface area (Å²) in [4.78, 5) is 10.5. The first-order valence-electron chi connectivity index (χ1n) is 10.7. The van der Waals surface area contributed by atoms with Crippen LogP contribution in [0.4, 0.5) is 0 Å². The zero-order chi connectivity index (χ0) is 19.9. The Bertz CT molecular complexity index is 624.